The third kappa shape index (κ3) is 3.50. The lowest BCUT2D eigenvalue weighted by atomic mass is 10.2. The van der Waals surface area contributed by atoms with Crippen LogP contribution in [-0.4, -0.2) is 11.1 Å². The zero-order chi connectivity index (χ0) is 11.4. The van der Waals surface area contributed by atoms with Gasteiger partial charge in [-0.3, -0.25) is 0 Å². The molecule has 0 heterocycles. The lowest BCUT2D eigenvalue weighted by molar-refractivity contribution is 0.0735. The predicted molar refractivity (Wildman–Crippen MR) is 66.8 cm³/mol. The molecule has 2 aromatic carbocycles. The summed E-state index contributed by atoms with van der Waals surface area (Å²) in [5, 5.41) is 9.08. The van der Waals surface area contributed by atoms with Gasteiger partial charge in [-0.2, -0.15) is 0 Å². The molecule has 3 nitrogen and oxygen atoms in total. The minimum absolute atomic E-state index is 0. The van der Waals surface area contributed by atoms with Crippen LogP contribution in [0.4, 0.5) is 0 Å². The summed E-state index contributed by atoms with van der Waals surface area (Å²) in [6.45, 7) is 0. The van der Waals surface area contributed by atoms with E-state index >= 15 is 0 Å². The Bertz CT molecular complexity index is 480. The maximum absolute atomic E-state index is 11.6. The molecule has 0 bridgehead atoms. The molecule has 0 saturated carbocycles. The van der Waals surface area contributed by atoms with E-state index in [9.17, 15) is 4.79 Å². The zero-order valence-corrected chi connectivity index (χ0v) is 9.68. The monoisotopic (exact) mass is 250 g/mol. The molecule has 4 heteroatoms. The number of carbonyl (C=O) groups excluding carboxylic acids is 1. The van der Waals surface area contributed by atoms with Gasteiger partial charge in [0, 0.05) is 0 Å². The number of hydrogen-bond acceptors (Lipinski definition) is 3. The molecule has 2 aromatic rings. The molecule has 0 aliphatic heterocycles. The molecule has 0 amide bonds. The largest absolute Gasteiger partial charge is 0.508 e. The van der Waals surface area contributed by atoms with Crippen LogP contribution in [0.2, 0.25) is 0 Å². The van der Waals surface area contributed by atoms with Gasteiger partial charge in [0.2, 0.25) is 0 Å². The first-order valence-electron chi connectivity index (χ1n) is 4.82. The van der Waals surface area contributed by atoms with Crippen molar-refractivity contribution in [1.82, 2.24) is 0 Å². The molecular weight excluding hydrogens is 240 g/mol. The number of para-hydroxylation sites is 1. The van der Waals surface area contributed by atoms with E-state index in [1.165, 1.54) is 24.3 Å². The molecule has 0 fully saturated rings. The van der Waals surface area contributed by atoms with Gasteiger partial charge in [-0.25, -0.2) is 4.79 Å². The van der Waals surface area contributed by atoms with Crippen LogP contribution in [0.15, 0.2) is 54.6 Å². The van der Waals surface area contributed by atoms with Gasteiger partial charge in [0.1, 0.15) is 11.5 Å². The molecule has 17 heavy (non-hydrogen) atoms. The van der Waals surface area contributed by atoms with E-state index in [0.717, 1.165) is 0 Å². The Hall–Kier alpha value is -2.00. The van der Waals surface area contributed by atoms with Crippen LogP contribution in [-0.2, 0) is 0 Å². The van der Waals surface area contributed by atoms with Gasteiger partial charge in [0.05, 0.1) is 5.56 Å². The lowest BCUT2D eigenvalue weighted by Crippen LogP contribution is -2.07. The number of phenolic OH excluding ortho intramolecular Hbond substituents is 1. The third-order valence-electron chi connectivity index (χ3n) is 2.06. The Balaban J connectivity index is 0.00000144. The summed E-state index contributed by atoms with van der Waals surface area (Å²) in [5.41, 5.74) is 0.404. The van der Waals surface area contributed by atoms with Gasteiger partial charge >= 0.3 is 5.97 Å². The minimum Gasteiger partial charge on any atom is -0.508 e. The van der Waals surface area contributed by atoms with Gasteiger partial charge in [-0.1, -0.05) is 18.2 Å². The van der Waals surface area contributed by atoms with Crippen molar-refractivity contribution in [2.45, 2.75) is 0 Å². The quantitative estimate of drug-likeness (QED) is 0.658. The molecule has 0 spiro atoms. The molecule has 88 valence electrons. The summed E-state index contributed by atoms with van der Waals surface area (Å²) in [6.07, 6.45) is 0. The molecule has 0 aliphatic carbocycles. The van der Waals surface area contributed by atoms with Crippen LogP contribution in [0.25, 0.3) is 0 Å². The zero-order valence-electron chi connectivity index (χ0n) is 8.87. The topological polar surface area (TPSA) is 46.5 Å². The first kappa shape index (κ1) is 13.1. The number of carbonyl (C=O) groups is 1. The Kier molecular flexibility index (Phi) is 4.55. The van der Waals surface area contributed by atoms with Crippen LogP contribution in [0.1, 0.15) is 10.4 Å². The summed E-state index contributed by atoms with van der Waals surface area (Å²) in [5.74, 6) is 0.183. The van der Waals surface area contributed by atoms with E-state index in [-0.39, 0.29) is 18.2 Å². The maximum atomic E-state index is 11.6. The molecular formula is C13H11ClO3. The smallest absolute Gasteiger partial charge is 0.343 e. The fraction of sp³-hybridized carbons (Fsp3) is 0. The van der Waals surface area contributed by atoms with Crippen LogP contribution in [0.5, 0.6) is 11.5 Å². The number of esters is 1. The summed E-state index contributed by atoms with van der Waals surface area (Å²) in [6, 6.07) is 14.8. The molecule has 0 aliphatic rings. The number of rotatable bonds is 2. The van der Waals surface area contributed by atoms with E-state index in [1.807, 2.05) is 6.07 Å². The van der Waals surface area contributed by atoms with E-state index in [4.69, 9.17) is 9.84 Å². The fourth-order valence-electron chi connectivity index (χ4n) is 1.25. The lowest BCUT2D eigenvalue weighted by Gasteiger charge is -2.03. The molecule has 0 atom stereocenters. The van der Waals surface area contributed by atoms with Crippen molar-refractivity contribution in [3.8, 4) is 11.5 Å². The van der Waals surface area contributed by atoms with Gasteiger partial charge in [-0.15, -0.1) is 12.4 Å². The van der Waals surface area contributed by atoms with E-state index in [2.05, 4.69) is 0 Å². The summed E-state index contributed by atoms with van der Waals surface area (Å²) in [4.78, 5) is 11.6. The van der Waals surface area contributed by atoms with E-state index in [0.29, 0.717) is 11.3 Å². The highest BCUT2D eigenvalue weighted by molar-refractivity contribution is 5.91. The normalized spacial score (nSPS) is 9.18. The minimum atomic E-state index is -0.439. The van der Waals surface area contributed by atoms with Gasteiger partial charge in [0.15, 0.2) is 0 Å². The Morgan fingerprint density at radius 1 is 0.941 bits per heavy atom. The summed E-state index contributed by atoms with van der Waals surface area (Å²) in [7, 11) is 0. The number of hydrogen-bond donors (Lipinski definition) is 1. The average Bonchev–Trinajstić information content (AvgIpc) is 2.31. The second-order valence-electron chi connectivity index (χ2n) is 3.25. The highest BCUT2D eigenvalue weighted by atomic mass is 35.5. The van der Waals surface area contributed by atoms with Crippen molar-refractivity contribution in [2.75, 3.05) is 0 Å². The summed E-state index contributed by atoms with van der Waals surface area (Å²) >= 11 is 0. The first-order valence-corrected chi connectivity index (χ1v) is 4.82. The van der Waals surface area contributed by atoms with Crippen molar-refractivity contribution >= 4 is 18.4 Å². The van der Waals surface area contributed by atoms with Gasteiger partial charge in [-0.05, 0) is 36.4 Å². The molecule has 0 radical (unpaired) electrons. The molecule has 0 saturated heterocycles. The van der Waals surface area contributed by atoms with Crippen LogP contribution >= 0.6 is 12.4 Å². The van der Waals surface area contributed by atoms with Crippen LogP contribution in [0, 0.1) is 0 Å². The van der Waals surface area contributed by atoms with Crippen molar-refractivity contribution in [1.29, 1.82) is 0 Å². The highest BCUT2D eigenvalue weighted by Gasteiger charge is 2.07. The molecule has 0 unspecified atom stereocenters. The molecule has 0 aromatic heterocycles. The van der Waals surface area contributed by atoms with Crippen LogP contribution < -0.4 is 4.74 Å². The summed E-state index contributed by atoms with van der Waals surface area (Å²) < 4.78 is 5.12. The maximum Gasteiger partial charge on any atom is 0.343 e. The standard InChI is InChI=1S/C13H10O3.ClH/c14-11-8-6-10(7-9-11)13(15)16-12-4-2-1-3-5-12;/h1-9,14H;1H. The second-order valence-corrected chi connectivity index (χ2v) is 3.25. The van der Waals surface area contributed by atoms with E-state index in [1.54, 1.807) is 24.3 Å². The first-order chi connectivity index (χ1) is 7.75. The van der Waals surface area contributed by atoms with Crippen LogP contribution in [0.3, 0.4) is 0 Å². The number of phenols is 1. The highest BCUT2D eigenvalue weighted by Crippen LogP contribution is 2.14. The molecule has 2 rings (SSSR count). The van der Waals surface area contributed by atoms with Gasteiger partial charge in [0.25, 0.3) is 0 Å². The van der Waals surface area contributed by atoms with Crippen molar-refractivity contribution < 1.29 is 14.6 Å². The Morgan fingerprint density at radius 3 is 2.12 bits per heavy atom. The number of aromatic hydroxyl groups is 1. The second kappa shape index (κ2) is 5.92. The fourth-order valence-corrected chi connectivity index (χ4v) is 1.25. The van der Waals surface area contributed by atoms with Gasteiger partial charge < -0.3 is 9.84 Å². The SMILES string of the molecule is Cl.O=C(Oc1ccccc1)c1ccc(O)cc1. The van der Waals surface area contributed by atoms with Crippen molar-refractivity contribution in [3.63, 3.8) is 0 Å². The number of ether oxygens (including phenoxy) is 1. The third-order valence-corrected chi connectivity index (χ3v) is 2.06. The van der Waals surface area contributed by atoms with E-state index < -0.39 is 5.97 Å². The average molecular weight is 251 g/mol. The Labute approximate surface area is 105 Å². The molecule has 1 N–H and O–H groups in total. The number of benzene rings is 2. The predicted octanol–water partition coefficient (Wildman–Crippen LogP) is 3.03. The van der Waals surface area contributed by atoms with Crippen molar-refractivity contribution in [2.24, 2.45) is 0 Å². The number of halogens is 1. The van der Waals surface area contributed by atoms with Crippen molar-refractivity contribution in [3.05, 3.63) is 60.2 Å². The Morgan fingerprint density at radius 2 is 1.53 bits per heavy atom.